The average Bonchev–Trinajstić information content (AvgIpc) is 2.31. The highest BCUT2D eigenvalue weighted by Gasteiger charge is 2.14. The molecule has 0 radical (unpaired) electrons. The molecule has 5 heteroatoms. The predicted molar refractivity (Wildman–Crippen MR) is 68.7 cm³/mol. The number of aromatic nitrogens is 1. The van der Waals surface area contributed by atoms with Crippen molar-refractivity contribution in [3.8, 4) is 0 Å². The van der Waals surface area contributed by atoms with E-state index in [0.717, 1.165) is 44.4 Å². The van der Waals surface area contributed by atoms with Gasteiger partial charge in [0.1, 0.15) is 0 Å². The van der Waals surface area contributed by atoms with Gasteiger partial charge < -0.3 is 15.0 Å². The molecule has 2 heterocycles. The molecular weight excluding hydrogens is 226 g/mol. The number of hydrogen-bond donors (Lipinski definition) is 1. The lowest BCUT2D eigenvalue weighted by molar-refractivity contribution is 0.122. The summed E-state index contributed by atoms with van der Waals surface area (Å²) in [7, 11) is 0. The second-order valence-electron chi connectivity index (χ2n) is 3.50. The molecule has 4 nitrogen and oxygen atoms in total. The molecular formula is C11H18ClN3O. The van der Waals surface area contributed by atoms with E-state index in [1.165, 1.54) is 0 Å². The van der Waals surface area contributed by atoms with Gasteiger partial charge in [0.2, 0.25) is 0 Å². The Morgan fingerprint density at radius 1 is 1.44 bits per heavy atom. The zero-order valence-electron chi connectivity index (χ0n) is 9.48. The fourth-order valence-electron chi connectivity index (χ4n) is 1.75. The maximum absolute atomic E-state index is 5.33. The van der Waals surface area contributed by atoms with Gasteiger partial charge in [0.05, 0.1) is 18.9 Å². The Kier molecular flexibility index (Phi) is 5.35. The first kappa shape index (κ1) is 13.1. The van der Waals surface area contributed by atoms with Gasteiger partial charge in [-0.3, -0.25) is 0 Å². The lowest BCUT2D eigenvalue weighted by Crippen LogP contribution is -2.37. The molecule has 1 N–H and O–H groups in total. The van der Waals surface area contributed by atoms with Gasteiger partial charge in [-0.15, -0.1) is 12.4 Å². The van der Waals surface area contributed by atoms with Crippen molar-refractivity contribution in [2.45, 2.75) is 6.92 Å². The van der Waals surface area contributed by atoms with E-state index in [9.17, 15) is 0 Å². The van der Waals surface area contributed by atoms with Crippen LogP contribution in [0.3, 0.4) is 0 Å². The van der Waals surface area contributed by atoms with Gasteiger partial charge in [-0.05, 0) is 19.1 Å². The standard InChI is InChI=1S/C11H17N3O.ClH/c1-2-12-10-4-3-5-13-11(10)14-6-8-15-9-7-14;/h3-5,12H,2,6-9H2,1H3;1H. The van der Waals surface area contributed by atoms with E-state index in [-0.39, 0.29) is 12.4 Å². The molecule has 0 unspecified atom stereocenters. The first-order valence-electron chi connectivity index (χ1n) is 5.43. The molecule has 0 bridgehead atoms. The SMILES string of the molecule is CCNc1cccnc1N1CCOCC1.Cl. The molecule has 2 rings (SSSR count). The Morgan fingerprint density at radius 2 is 2.19 bits per heavy atom. The van der Waals surface area contributed by atoms with Gasteiger partial charge in [-0.1, -0.05) is 0 Å². The van der Waals surface area contributed by atoms with Crippen molar-refractivity contribution in [2.24, 2.45) is 0 Å². The highest BCUT2D eigenvalue weighted by molar-refractivity contribution is 5.85. The van der Waals surface area contributed by atoms with Crippen LogP contribution in [0, 0.1) is 0 Å². The van der Waals surface area contributed by atoms with Gasteiger partial charge in [0, 0.05) is 25.8 Å². The molecule has 1 aromatic heterocycles. The molecule has 0 saturated carbocycles. The first-order chi connectivity index (χ1) is 7.42. The molecule has 0 spiro atoms. The van der Waals surface area contributed by atoms with Crippen molar-refractivity contribution >= 4 is 23.9 Å². The summed E-state index contributed by atoms with van der Waals surface area (Å²) >= 11 is 0. The van der Waals surface area contributed by atoms with Crippen LogP contribution in [-0.4, -0.2) is 37.8 Å². The third kappa shape index (κ3) is 3.00. The Hall–Kier alpha value is -1.00. The number of halogens is 1. The summed E-state index contributed by atoms with van der Waals surface area (Å²) in [5.74, 6) is 1.04. The van der Waals surface area contributed by atoms with Crippen molar-refractivity contribution in [3.05, 3.63) is 18.3 Å². The third-order valence-electron chi connectivity index (χ3n) is 2.46. The number of rotatable bonds is 3. The largest absolute Gasteiger partial charge is 0.382 e. The highest BCUT2D eigenvalue weighted by Crippen LogP contribution is 2.22. The Labute approximate surface area is 102 Å². The second kappa shape index (κ2) is 6.55. The van der Waals surface area contributed by atoms with Crippen LogP contribution < -0.4 is 10.2 Å². The van der Waals surface area contributed by atoms with E-state index in [1.807, 2.05) is 12.3 Å². The smallest absolute Gasteiger partial charge is 0.152 e. The van der Waals surface area contributed by atoms with Gasteiger partial charge in [-0.25, -0.2) is 4.98 Å². The molecule has 0 amide bonds. The summed E-state index contributed by atoms with van der Waals surface area (Å²) in [6.45, 7) is 6.45. The number of morpholine rings is 1. The van der Waals surface area contributed by atoms with Crippen molar-refractivity contribution in [1.29, 1.82) is 0 Å². The zero-order chi connectivity index (χ0) is 10.5. The zero-order valence-corrected chi connectivity index (χ0v) is 10.3. The third-order valence-corrected chi connectivity index (χ3v) is 2.46. The quantitative estimate of drug-likeness (QED) is 0.878. The first-order valence-corrected chi connectivity index (χ1v) is 5.43. The second-order valence-corrected chi connectivity index (χ2v) is 3.50. The summed E-state index contributed by atoms with van der Waals surface area (Å²) in [4.78, 5) is 6.69. The van der Waals surface area contributed by atoms with Crippen molar-refractivity contribution < 1.29 is 4.74 Å². The Balaban J connectivity index is 0.00000128. The van der Waals surface area contributed by atoms with Crippen LogP contribution in [0.15, 0.2) is 18.3 Å². The molecule has 16 heavy (non-hydrogen) atoms. The van der Waals surface area contributed by atoms with Gasteiger partial charge >= 0.3 is 0 Å². The van der Waals surface area contributed by atoms with Crippen LogP contribution in [0.5, 0.6) is 0 Å². The minimum atomic E-state index is 0. The maximum Gasteiger partial charge on any atom is 0.152 e. The van der Waals surface area contributed by atoms with Crippen molar-refractivity contribution in [2.75, 3.05) is 43.1 Å². The molecule has 0 aliphatic carbocycles. The maximum atomic E-state index is 5.33. The molecule has 90 valence electrons. The average molecular weight is 244 g/mol. The number of pyridine rings is 1. The molecule has 1 aromatic rings. The fourth-order valence-corrected chi connectivity index (χ4v) is 1.75. The minimum Gasteiger partial charge on any atom is -0.382 e. The van der Waals surface area contributed by atoms with Crippen molar-refractivity contribution in [1.82, 2.24) is 4.98 Å². The van der Waals surface area contributed by atoms with Crippen LogP contribution in [0.25, 0.3) is 0 Å². The number of anilines is 2. The highest BCUT2D eigenvalue weighted by atomic mass is 35.5. The summed E-state index contributed by atoms with van der Waals surface area (Å²) in [5, 5.41) is 3.33. The number of nitrogens with zero attached hydrogens (tertiary/aromatic N) is 2. The number of nitrogens with one attached hydrogen (secondary N) is 1. The van der Waals surface area contributed by atoms with Crippen LogP contribution >= 0.6 is 12.4 Å². The summed E-state index contributed by atoms with van der Waals surface area (Å²) in [6.07, 6.45) is 1.84. The predicted octanol–water partition coefficient (Wildman–Crippen LogP) is 1.77. The Morgan fingerprint density at radius 3 is 2.88 bits per heavy atom. The molecule has 0 atom stereocenters. The van der Waals surface area contributed by atoms with Crippen molar-refractivity contribution in [3.63, 3.8) is 0 Å². The van der Waals surface area contributed by atoms with E-state index in [2.05, 4.69) is 28.2 Å². The molecule has 1 aliphatic rings. The Bertz CT molecular complexity index is 316. The monoisotopic (exact) mass is 243 g/mol. The summed E-state index contributed by atoms with van der Waals surface area (Å²) in [6, 6.07) is 4.03. The molecule has 1 saturated heterocycles. The van der Waals surface area contributed by atoms with E-state index in [1.54, 1.807) is 0 Å². The van der Waals surface area contributed by atoms with E-state index >= 15 is 0 Å². The van der Waals surface area contributed by atoms with E-state index < -0.39 is 0 Å². The van der Waals surface area contributed by atoms with Crippen LogP contribution in [0.4, 0.5) is 11.5 Å². The fraction of sp³-hybridized carbons (Fsp3) is 0.545. The number of ether oxygens (including phenoxy) is 1. The normalized spacial score (nSPS) is 15.4. The lowest BCUT2D eigenvalue weighted by atomic mass is 10.3. The van der Waals surface area contributed by atoms with Gasteiger partial charge in [-0.2, -0.15) is 0 Å². The van der Waals surface area contributed by atoms with Crippen LogP contribution in [0.2, 0.25) is 0 Å². The molecule has 0 aromatic carbocycles. The summed E-state index contributed by atoms with van der Waals surface area (Å²) < 4.78 is 5.33. The minimum absolute atomic E-state index is 0. The molecule has 1 fully saturated rings. The van der Waals surface area contributed by atoms with Gasteiger partial charge in [0.25, 0.3) is 0 Å². The lowest BCUT2D eigenvalue weighted by Gasteiger charge is -2.29. The van der Waals surface area contributed by atoms with Crippen LogP contribution in [-0.2, 0) is 4.74 Å². The van der Waals surface area contributed by atoms with E-state index in [0.29, 0.717) is 0 Å². The summed E-state index contributed by atoms with van der Waals surface area (Å²) in [5.41, 5.74) is 1.11. The van der Waals surface area contributed by atoms with E-state index in [4.69, 9.17) is 4.74 Å². The topological polar surface area (TPSA) is 37.4 Å². The van der Waals surface area contributed by atoms with Gasteiger partial charge in [0.15, 0.2) is 5.82 Å². The molecule has 1 aliphatic heterocycles. The van der Waals surface area contributed by atoms with Crippen LogP contribution in [0.1, 0.15) is 6.92 Å². The number of hydrogen-bond acceptors (Lipinski definition) is 4.